The van der Waals surface area contributed by atoms with Crippen molar-refractivity contribution in [2.45, 2.75) is 20.2 Å². The SMILES string of the molecule is CCOCCN1C=CN(CC)C1OC(=O)COC. The molecular weight excluding hydrogens is 236 g/mol. The molecule has 1 unspecified atom stereocenters. The third kappa shape index (κ3) is 4.19. The van der Waals surface area contributed by atoms with E-state index in [1.807, 2.05) is 36.0 Å². The van der Waals surface area contributed by atoms with Crippen LogP contribution in [0.2, 0.25) is 0 Å². The summed E-state index contributed by atoms with van der Waals surface area (Å²) in [5, 5.41) is 0. The zero-order valence-electron chi connectivity index (χ0n) is 11.3. The topological polar surface area (TPSA) is 51.2 Å². The van der Waals surface area contributed by atoms with Gasteiger partial charge in [0.2, 0.25) is 0 Å². The van der Waals surface area contributed by atoms with Crippen LogP contribution in [0.5, 0.6) is 0 Å². The minimum absolute atomic E-state index is 0.0344. The third-order valence-corrected chi connectivity index (χ3v) is 2.58. The second-order valence-corrected chi connectivity index (χ2v) is 3.81. The summed E-state index contributed by atoms with van der Waals surface area (Å²) in [6.45, 7) is 6.67. The molecule has 0 saturated heterocycles. The fourth-order valence-electron chi connectivity index (χ4n) is 1.67. The normalized spacial score (nSPS) is 18.5. The first-order chi connectivity index (χ1) is 8.72. The van der Waals surface area contributed by atoms with Crippen molar-refractivity contribution in [3.63, 3.8) is 0 Å². The van der Waals surface area contributed by atoms with Gasteiger partial charge in [0.15, 0.2) is 0 Å². The molecule has 6 heteroatoms. The van der Waals surface area contributed by atoms with Gasteiger partial charge in [-0.15, -0.1) is 0 Å². The molecule has 0 aromatic heterocycles. The van der Waals surface area contributed by atoms with Gasteiger partial charge in [0.25, 0.3) is 6.35 Å². The first kappa shape index (κ1) is 14.8. The molecule has 0 saturated carbocycles. The van der Waals surface area contributed by atoms with Crippen molar-refractivity contribution in [1.29, 1.82) is 0 Å². The number of rotatable bonds is 8. The number of carbonyl (C=O) groups excluding carboxylic acids is 1. The lowest BCUT2D eigenvalue weighted by Crippen LogP contribution is -2.43. The molecule has 1 aliphatic rings. The molecule has 1 aliphatic heterocycles. The van der Waals surface area contributed by atoms with Crippen LogP contribution in [0.3, 0.4) is 0 Å². The number of hydrogen-bond donors (Lipinski definition) is 0. The zero-order chi connectivity index (χ0) is 13.4. The van der Waals surface area contributed by atoms with Crippen molar-refractivity contribution >= 4 is 5.97 Å². The maximum atomic E-state index is 11.5. The molecule has 0 spiro atoms. The highest BCUT2D eigenvalue weighted by atomic mass is 16.6. The number of hydrogen-bond acceptors (Lipinski definition) is 6. The van der Waals surface area contributed by atoms with Gasteiger partial charge < -0.3 is 24.0 Å². The number of ether oxygens (including phenoxy) is 3. The van der Waals surface area contributed by atoms with E-state index in [0.717, 1.165) is 6.54 Å². The lowest BCUT2D eigenvalue weighted by molar-refractivity contribution is -0.173. The Bertz CT molecular complexity index is 283. The molecule has 104 valence electrons. The monoisotopic (exact) mass is 258 g/mol. The quantitative estimate of drug-likeness (QED) is 0.469. The van der Waals surface area contributed by atoms with Crippen molar-refractivity contribution in [3.05, 3.63) is 12.4 Å². The second-order valence-electron chi connectivity index (χ2n) is 3.81. The highest BCUT2D eigenvalue weighted by Crippen LogP contribution is 2.16. The van der Waals surface area contributed by atoms with E-state index in [4.69, 9.17) is 14.2 Å². The number of carbonyl (C=O) groups is 1. The Balaban J connectivity index is 2.49. The van der Waals surface area contributed by atoms with Gasteiger partial charge in [-0.1, -0.05) is 0 Å². The molecule has 1 atom stereocenters. The number of methoxy groups -OCH3 is 1. The smallest absolute Gasteiger partial charge is 0.335 e. The molecule has 0 bridgehead atoms. The molecule has 0 fully saturated rings. The Morgan fingerprint density at radius 1 is 1.28 bits per heavy atom. The fraction of sp³-hybridized carbons (Fsp3) is 0.750. The van der Waals surface area contributed by atoms with Crippen molar-refractivity contribution in [1.82, 2.24) is 9.80 Å². The maximum absolute atomic E-state index is 11.5. The predicted octanol–water partition coefficient (Wildman–Crippen LogP) is 0.605. The summed E-state index contributed by atoms with van der Waals surface area (Å²) in [6.07, 6.45) is 3.43. The molecule has 1 heterocycles. The average Bonchev–Trinajstić information content (AvgIpc) is 2.72. The van der Waals surface area contributed by atoms with E-state index in [1.54, 1.807) is 0 Å². The summed E-state index contributed by atoms with van der Waals surface area (Å²) in [7, 11) is 1.47. The van der Waals surface area contributed by atoms with Crippen LogP contribution >= 0.6 is 0 Å². The van der Waals surface area contributed by atoms with Crippen LogP contribution in [0.25, 0.3) is 0 Å². The van der Waals surface area contributed by atoms with Crippen molar-refractivity contribution < 1.29 is 19.0 Å². The van der Waals surface area contributed by atoms with Gasteiger partial charge in [-0.25, -0.2) is 4.79 Å². The Labute approximate surface area is 108 Å². The Morgan fingerprint density at radius 3 is 2.61 bits per heavy atom. The predicted molar refractivity (Wildman–Crippen MR) is 66.5 cm³/mol. The van der Waals surface area contributed by atoms with Gasteiger partial charge in [0, 0.05) is 39.2 Å². The first-order valence-corrected chi connectivity index (χ1v) is 6.18. The Hall–Kier alpha value is -1.27. The summed E-state index contributed by atoms with van der Waals surface area (Å²) < 4.78 is 15.4. The van der Waals surface area contributed by atoms with Gasteiger partial charge in [0.1, 0.15) is 6.61 Å². The van der Waals surface area contributed by atoms with E-state index < -0.39 is 6.35 Å². The first-order valence-electron chi connectivity index (χ1n) is 6.18. The zero-order valence-corrected chi connectivity index (χ0v) is 11.3. The standard InChI is InChI=1S/C12H22N2O4/c1-4-13-6-7-14(8-9-17-5-2)12(13)18-11(15)10-16-3/h6-7,12H,4-5,8-10H2,1-3H3. The van der Waals surface area contributed by atoms with Gasteiger partial charge >= 0.3 is 5.97 Å². The van der Waals surface area contributed by atoms with E-state index in [9.17, 15) is 4.79 Å². The summed E-state index contributed by atoms with van der Waals surface area (Å²) >= 11 is 0. The Morgan fingerprint density at radius 2 is 2.00 bits per heavy atom. The Kier molecular flexibility index (Phi) is 6.53. The number of esters is 1. The minimum Gasteiger partial charge on any atom is -0.421 e. The number of nitrogens with zero attached hydrogens (tertiary/aromatic N) is 2. The van der Waals surface area contributed by atoms with Gasteiger partial charge in [-0.2, -0.15) is 0 Å². The van der Waals surface area contributed by atoms with Crippen LogP contribution < -0.4 is 0 Å². The molecule has 0 aromatic rings. The lowest BCUT2D eigenvalue weighted by Gasteiger charge is -2.30. The summed E-state index contributed by atoms with van der Waals surface area (Å²) in [5.74, 6) is -0.369. The van der Waals surface area contributed by atoms with E-state index in [1.165, 1.54) is 7.11 Å². The van der Waals surface area contributed by atoms with Crippen LogP contribution in [-0.2, 0) is 19.0 Å². The second kappa shape index (κ2) is 7.94. The summed E-state index contributed by atoms with van der Waals surface area (Å²) in [5.41, 5.74) is 0. The molecule has 0 aromatic carbocycles. The van der Waals surface area contributed by atoms with E-state index in [-0.39, 0.29) is 12.6 Å². The highest BCUT2D eigenvalue weighted by Gasteiger charge is 2.28. The molecule has 18 heavy (non-hydrogen) atoms. The molecular formula is C12H22N2O4. The van der Waals surface area contributed by atoms with Crippen LogP contribution in [0.1, 0.15) is 13.8 Å². The molecule has 0 aliphatic carbocycles. The molecule has 1 rings (SSSR count). The largest absolute Gasteiger partial charge is 0.421 e. The van der Waals surface area contributed by atoms with E-state index >= 15 is 0 Å². The average molecular weight is 258 g/mol. The minimum atomic E-state index is -0.391. The van der Waals surface area contributed by atoms with Crippen LogP contribution in [0.15, 0.2) is 12.4 Å². The molecule has 0 amide bonds. The highest BCUT2D eigenvalue weighted by molar-refractivity contribution is 5.70. The summed E-state index contributed by atoms with van der Waals surface area (Å²) in [6, 6.07) is 0. The van der Waals surface area contributed by atoms with Crippen molar-refractivity contribution in [3.8, 4) is 0 Å². The van der Waals surface area contributed by atoms with Gasteiger partial charge in [-0.3, -0.25) is 0 Å². The van der Waals surface area contributed by atoms with Gasteiger partial charge in [-0.05, 0) is 13.8 Å². The van der Waals surface area contributed by atoms with Gasteiger partial charge in [0.05, 0.1) is 6.61 Å². The van der Waals surface area contributed by atoms with E-state index in [0.29, 0.717) is 19.8 Å². The fourth-order valence-corrected chi connectivity index (χ4v) is 1.67. The molecule has 0 N–H and O–H groups in total. The van der Waals surface area contributed by atoms with Crippen molar-refractivity contribution in [2.24, 2.45) is 0 Å². The van der Waals surface area contributed by atoms with Crippen LogP contribution in [0, 0.1) is 0 Å². The molecule has 0 radical (unpaired) electrons. The van der Waals surface area contributed by atoms with Crippen molar-refractivity contribution in [2.75, 3.05) is 40.0 Å². The van der Waals surface area contributed by atoms with Crippen LogP contribution in [0.4, 0.5) is 0 Å². The maximum Gasteiger partial charge on any atom is 0.335 e. The van der Waals surface area contributed by atoms with E-state index in [2.05, 4.69) is 0 Å². The third-order valence-electron chi connectivity index (χ3n) is 2.58. The van der Waals surface area contributed by atoms with Crippen LogP contribution in [-0.4, -0.2) is 62.1 Å². The summed E-state index contributed by atoms with van der Waals surface area (Å²) in [4.78, 5) is 15.4. The lowest BCUT2D eigenvalue weighted by atomic mass is 10.5. The molecule has 6 nitrogen and oxygen atoms in total.